The smallest absolute Gasteiger partial charge is 0.282 e. The van der Waals surface area contributed by atoms with Crippen LogP contribution < -0.4 is 4.90 Å². The standard InChI is InChI=1S/C23H24N2O2/c1-15-6-9-18(10-7-15)20-21(24-12-4-5-13-24)23(27)25(22(20)26)19-11-8-16(2)17(3)14-19/h6-11,14H,4-5,12-13H2,1-3H3. The van der Waals surface area contributed by atoms with Gasteiger partial charge in [-0.3, -0.25) is 9.59 Å². The third kappa shape index (κ3) is 2.95. The molecule has 2 aliphatic rings. The van der Waals surface area contributed by atoms with Crippen molar-refractivity contribution in [3.8, 4) is 0 Å². The Kier molecular flexibility index (Phi) is 4.34. The van der Waals surface area contributed by atoms with Crippen LogP contribution in [-0.2, 0) is 9.59 Å². The highest BCUT2D eigenvalue weighted by Crippen LogP contribution is 2.36. The lowest BCUT2D eigenvalue weighted by Gasteiger charge is -2.20. The number of rotatable bonds is 3. The molecule has 0 bridgehead atoms. The van der Waals surface area contributed by atoms with E-state index in [1.54, 1.807) is 0 Å². The number of imide groups is 1. The summed E-state index contributed by atoms with van der Waals surface area (Å²) in [6.07, 6.45) is 2.10. The van der Waals surface area contributed by atoms with Gasteiger partial charge in [-0.15, -0.1) is 0 Å². The second kappa shape index (κ2) is 6.69. The third-order valence-electron chi connectivity index (χ3n) is 5.57. The Hall–Kier alpha value is -2.88. The van der Waals surface area contributed by atoms with Crippen LogP contribution in [-0.4, -0.2) is 29.8 Å². The van der Waals surface area contributed by atoms with E-state index in [4.69, 9.17) is 0 Å². The van der Waals surface area contributed by atoms with Crippen molar-refractivity contribution in [1.82, 2.24) is 4.90 Å². The Labute approximate surface area is 160 Å². The number of nitrogens with zero attached hydrogens (tertiary/aromatic N) is 2. The summed E-state index contributed by atoms with van der Waals surface area (Å²) in [7, 11) is 0. The molecule has 27 heavy (non-hydrogen) atoms. The van der Waals surface area contributed by atoms with Gasteiger partial charge in [-0.05, 0) is 62.4 Å². The summed E-state index contributed by atoms with van der Waals surface area (Å²) >= 11 is 0. The molecule has 4 nitrogen and oxygen atoms in total. The Morgan fingerprint density at radius 1 is 0.778 bits per heavy atom. The number of carbonyl (C=O) groups excluding carboxylic acids is 2. The van der Waals surface area contributed by atoms with Crippen molar-refractivity contribution in [2.45, 2.75) is 33.6 Å². The summed E-state index contributed by atoms with van der Waals surface area (Å²) in [5, 5.41) is 0. The van der Waals surface area contributed by atoms with Gasteiger partial charge < -0.3 is 4.90 Å². The quantitative estimate of drug-likeness (QED) is 0.777. The van der Waals surface area contributed by atoms with Crippen molar-refractivity contribution in [3.05, 3.63) is 70.4 Å². The first-order chi connectivity index (χ1) is 13.0. The van der Waals surface area contributed by atoms with Crippen LogP contribution in [0.5, 0.6) is 0 Å². The summed E-state index contributed by atoms with van der Waals surface area (Å²) < 4.78 is 0. The molecule has 2 amide bonds. The minimum Gasteiger partial charge on any atom is -0.366 e. The molecule has 2 heterocycles. The average molecular weight is 360 g/mol. The molecule has 0 unspecified atom stereocenters. The first-order valence-corrected chi connectivity index (χ1v) is 9.49. The maximum absolute atomic E-state index is 13.4. The van der Waals surface area contributed by atoms with Gasteiger partial charge in [-0.1, -0.05) is 35.9 Å². The van der Waals surface area contributed by atoms with Gasteiger partial charge in [0.15, 0.2) is 0 Å². The lowest BCUT2D eigenvalue weighted by molar-refractivity contribution is -0.120. The molecule has 2 aromatic rings. The molecule has 4 heteroatoms. The van der Waals surface area contributed by atoms with Gasteiger partial charge in [-0.2, -0.15) is 0 Å². The van der Waals surface area contributed by atoms with Crippen LogP contribution in [0.2, 0.25) is 0 Å². The summed E-state index contributed by atoms with van der Waals surface area (Å²) in [4.78, 5) is 30.2. The number of benzene rings is 2. The first kappa shape index (κ1) is 17.5. The second-order valence-electron chi connectivity index (χ2n) is 7.50. The number of amides is 2. The molecule has 2 aromatic carbocycles. The van der Waals surface area contributed by atoms with E-state index < -0.39 is 0 Å². The highest BCUT2D eigenvalue weighted by Gasteiger charge is 2.42. The Morgan fingerprint density at radius 3 is 2.07 bits per heavy atom. The van der Waals surface area contributed by atoms with Gasteiger partial charge in [0, 0.05) is 13.1 Å². The Morgan fingerprint density at radius 2 is 1.44 bits per heavy atom. The van der Waals surface area contributed by atoms with Crippen molar-refractivity contribution < 1.29 is 9.59 Å². The monoisotopic (exact) mass is 360 g/mol. The molecule has 0 N–H and O–H groups in total. The van der Waals surface area contributed by atoms with Crippen LogP contribution in [0.15, 0.2) is 48.2 Å². The molecule has 138 valence electrons. The van der Waals surface area contributed by atoms with E-state index >= 15 is 0 Å². The fraction of sp³-hybridized carbons (Fsp3) is 0.304. The van der Waals surface area contributed by atoms with Crippen molar-refractivity contribution in [2.75, 3.05) is 18.0 Å². The third-order valence-corrected chi connectivity index (χ3v) is 5.57. The molecule has 0 aliphatic carbocycles. The lowest BCUT2D eigenvalue weighted by Crippen LogP contribution is -2.34. The Bertz CT molecular complexity index is 951. The Balaban J connectivity index is 1.83. The maximum Gasteiger partial charge on any atom is 0.282 e. The zero-order valence-corrected chi connectivity index (χ0v) is 16.1. The molecular weight excluding hydrogens is 336 g/mol. The molecule has 0 radical (unpaired) electrons. The molecule has 4 rings (SSSR count). The number of carbonyl (C=O) groups is 2. The molecule has 1 fully saturated rings. The number of anilines is 1. The van der Waals surface area contributed by atoms with Crippen molar-refractivity contribution >= 4 is 23.1 Å². The maximum atomic E-state index is 13.4. The van der Waals surface area contributed by atoms with E-state index in [1.807, 2.05) is 63.2 Å². The van der Waals surface area contributed by atoms with Crippen LogP contribution >= 0.6 is 0 Å². The van der Waals surface area contributed by atoms with E-state index in [2.05, 4.69) is 4.90 Å². The van der Waals surface area contributed by atoms with Crippen molar-refractivity contribution in [1.29, 1.82) is 0 Å². The summed E-state index contributed by atoms with van der Waals surface area (Å²) in [6, 6.07) is 13.6. The molecule has 0 saturated carbocycles. The first-order valence-electron chi connectivity index (χ1n) is 9.49. The summed E-state index contributed by atoms with van der Waals surface area (Å²) in [5.74, 6) is -0.435. The molecule has 1 saturated heterocycles. The second-order valence-corrected chi connectivity index (χ2v) is 7.50. The number of hydrogen-bond acceptors (Lipinski definition) is 3. The lowest BCUT2D eigenvalue weighted by atomic mass is 10.0. The van der Waals surface area contributed by atoms with E-state index in [1.165, 1.54) is 4.90 Å². The summed E-state index contributed by atoms with van der Waals surface area (Å²) in [5.41, 5.74) is 5.88. The van der Waals surface area contributed by atoms with E-state index in [0.29, 0.717) is 17.0 Å². The van der Waals surface area contributed by atoms with Crippen LogP contribution in [0.4, 0.5) is 5.69 Å². The van der Waals surface area contributed by atoms with Gasteiger partial charge in [-0.25, -0.2) is 4.90 Å². The molecular formula is C23H24N2O2. The topological polar surface area (TPSA) is 40.6 Å². The number of aryl methyl sites for hydroxylation is 3. The molecule has 0 spiro atoms. The van der Waals surface area contributed by atoms with Crippen LogP contribution in [0, 0.1) is 20.8 Å². The van der Waals surface area contributed by atoms with Gasteiger partial charge >= 0.3 is 0 Å². The fourth-order valence-electron chi connectivity index (χ4n) is 3.83. The van der Waals surface area contributed by atoms with Gasteiger partial charge in [0.25, 0.3) is 11.8 Å². The van der Waals surface area contributed by atoms with E-state index in [-0.39, 0.29) is 11.8 Å². The zero-order valence-electron chi connectivity index (χ0n) is 16.1. The van der Waals surface area contributed by atoms with Gasteiger partial charge in [0.2, 0.25) is 0 Å². The van der Waals surface area contributed by atoms with E-state index in [0.717, 1.165) is 48.2 Å². The SMILES string of the molecule is Cc1ccc(C2=C(N3CCCC3)C(=O)N(c3ccc(C)c(C)c3)C2=O)cc1. The molecule has 0 atom stereocenters. The van der Waals surface area contributed by atoms with Crippen molar-refractivity contribution in [3.63, 3.8) is 0 Å². The summed E-state index contributed by atoms with van der Waals surface area (Å²) in [6.45, 7) is 7.69. The fourth-order valence-corrected chi connectivity index (χ4v) is 3.83. The molecule has 2 aliphatic heterocycles. The highest BCUT2D eigenvalue weighted by molar-refractivity contribution is 6.45. The largest absolute Gasteiger partial charge is 0.366 e. The van der Waals surface area contributed by atoms with Crippen molar-refractivity contribution in [2.24, 2.45) is 0 Å². The number of hydrogen-bond donors (Lipinski definition) is 0. The normalized spacial score (nSPS) is 17.4. The predicted molar refractivity (Wildman–Crippen MR) is 107 cm³/mol. The van der Waals surface area contributed by atoms with Crippen LogP contribution in [0.1, 0.15) is 35.1 Å². The highest BCUT2D eigenvalue weighted by atomic mass is 16.2. The number of likely N-dealkylation sites (tertiary alicyclic amines) is 1. The predicted octanol–water partition coefficient (Wildman–Crippen LogP) is 3.99. The minimum atomic E-state index is -0.228. The van der Waals surface area contributed by atoms with Crippen LogP contribution in [0.3, 0.4) is 0 Å². The van der Waals surface area contributed by atoms with Gasteiger partial charge in [0.1, 0.15) is 5.70 Å². The van der Waals surface area contributed by atoms with Gasteiger partial charge in [0.05, 0.1) is 11.3 Å². The molecule has 0 aromatic heterocycles. The zero-order chi connectivity index (χ0) is 19.1. The minimum absolute atomic E-state index is 0.208. The van der Waals surface area contributed by atoms with E-state index in [9.17, 15) is 9.59 Å². The van der Waals surface area contributed by atoms with Crippen LogP contribution in [0.25, 0.3) is 5.57 Å². The average Bonchev–Trinajstić information content (AvgIpc) is 3.25.